The fourth-order valence-electron chi connectivity index (χ4n) is 2.73. The highest BCUT2D eigenvalue weighted by atomic mass is 16.5. The zero-order valence-electron chi connectivity index (χ0n) is 11.9. The van der Waals surface area contributed by atoms with Gasteiger partial charge in [-0.3, -0.25) is 0 Å². The Balaban J connectivity index is 2.07. The van der Waals surface area contributed by atoms with E-state index in [1.165, 1.54) is 0 Å². The first kappa shape index (κ1) is 13.3. The lowest BCUT2D eigenvalue weighted by Crippen LogP contribution is -2.47. The number of aromatic nitrogens is 1. The standard InChI is InChI=1S/C16H20N2O2/c1-11-10-20-12(2)8-18(11)16-7-13(9-19)14-5-3-4-6-15(14)17-16/h3-7,11-12,19H,8-10H2,1-2H3. The number of para-hydroxylation sites is 1. The van der Waals surface area contributed by atoms with Crippen molar-refractivity contribution >= 4 is 16.7 Å². The Labute approximate surface area is 119 Å². The number of morpholine rings is 1. The predicted octanol–water partition coefficient (Wildman–Crippen LogP) is 2.34. The van der Waals surface area contributed by atoms with Gasteiger partial charge in [-0.15, -0.1) is 0 Å². The number of anilines is 1. The molecule has 1 fully saturated rings. The summed E-state index contributed by atoms with van der Waals surface area (Å²) in [6, 6.07) is 10.2. The summed E-state index contributed by atoms with van der Waals surface area (Å²) in [6.07, 6.45) is 0.206. The van der Waals surface area contributed by atoms with E-state index in [4.69, 9.17) is 9.72 Å². The van der Waals surface area contributed by atoms with E-state index in [1.54, 1.807) is 0 Å². The SMILES string of the molecule is CC1CN(c2cc(CO)c3ccccc3n2)C(C)CO1. The number of benzene rings is 1. The maximum absolute atomic E-state index is 9.61. The van der Waals surface area contributed by atoms with E-state index in [9.17, 15) is 5.11 Å². The van der Waals surface area contributed by atoms with Crippen LogP contribution in [-0.2, 0) is 11.3 Å². The molecule has 0 radical (unpaired) electrons. The van der Waals surface area contributed by atoms with Gasteiger partial charge in [0.1, 0.15) is 5.82 Å². The minimum Gasteiger partial charge on any atom is -0.392 e. The fourth-order valence-corrected chi connectivity index (χ4v) is 2.73. The summed E-state index contributed by atoms with van der Waals surface area (Å²) >= 11 is 0. The van der Waals surface area contributed by atoms with E-state index in [2.05, 4.69) is 18.7 Å². The van der Waals surface area contributed by atoms with E-state index in [-0.39, 0.29) is 12.7 Å². The van der Waals surface area contributed by atoms with Crippen molar-refractivity contribution in [1.29, 1.82) is 0 Å². The number of aliphatic hydroxyl groups excluding tert-OH is 1. The molecular weight excluding hydrogens is 252 g/mol. The average molecular weight is 272 g/mol. The molecule has 2 unspecified atom stereocenters. The average Bonchev–Trinajstić information content (AvgIpc) is 2.48. The Hall–Kier alpha value is -1.65. The highest BCUT2D eigenvalue weighted by molar-refractivity contribution is 5.84. The lowest BCUT2D eigenvalue weighted by atomic mass is 10.1. The Bertz CT molecular complexity index is 614. The zero-order chi connectivity index (χ0) is 14.1. The van der Waals surface area contributed by atoms with Gasteiger partial charge < -0.3 is 14.7 Å². The smallest absolute Gasteiger partial charge is 0.130 e. The van der Waals surface area contributed by atoms with Crippen molar-refractivity contribution < 1.29 is 9.84 Å². The maximum atomic E-state index is 9.61. The monoisotopic (exact) mass is 272 g/mol. The van der Waals surface area contributed by atoms with Crippen LogP contribution in [-0.4, -0.2) is 35.4 Å². The minimum atomic E-state index is 0.0321. The van der Waals surface area contributed by atoms with Crippen LogP contribution in [0.25, 0.3) is 10.9 Å². The molecule has 4 heteroatoms. The molecule has 1 aliphatic rings. The van der Waals surface area contributed by atoms with Crippen LogP contribution in [0.15, 0.2) is 30.3 Å². The third-order valence-electron chi connectivity index (χ3n) is 3.86. The van der Waals surface area contributed by atoms with Crippen LogP contribution in [0.2, 0.25) is 0 Å². The van der Waals surface area contributed by atoms with Gasteiger partial charge in [-0.05, 0) is 31.5 Å². The third-order valence-corrected chi connectivity index (χ3v) is 3.86. The second kappa shape index (κ2) is 5.38. The normalized spacial score (nSPS) is 23.2. The number of hydrogen-bond donors (Lipinski definition) is 1. The highest BCUT2D eigenvalue weighted by Crippen LogP contribution is 2.26. The molecule has 1 aliphatic heterocycles. The molecule has 1 aromatic heterocycles. The molecule has 0 spiro atoms. The molecule has 1 aromatic carbocycles. The second-order valence-electron chi connectivity index (χ2n) is 5.46. The first-order valence-electron chi connectivity index (χ1n) is 7.07. The van der Waals surface area contributed by atoms with Crippen LogP contribution in [0, 0.1) is 0 Å². The predicted molar refractivity (Wildman–Crippen MR) is 79.9 cm³/mol. The quantitative estimate of drug-likeness (QED) is 0.911. The maximum Gasteiger partial charge on any atom is 0.130 e. The van der Waals surface area contributed by atoms with Crippen molar-refractivity contribution in [2.45, 2.75) is 32.6 Å². The Morgan fingerprint density at radius 3 is 2.95 bits per heavy atom. The van der Waals surface area contributed by atoms with Crippen molar-refractivity contribution in [3.8, 4) is 0 Å². The Morgan fingerprint density at radius 1 is 1.35 bits per heavy atom. The molecule has 1 N–H and O–H groups in total. The lowest BCUT2D eigenvalue weighted by Gasteiger charge is -2.38. The molecule has 0 saturated carbocycles. The van der Waals surface area contributed by atoms with Gasteiger partial charge in [-0.2, -0.15) is 0 Å². The lowest BCUT2D eigenvalue weighted by molar-refractivity contribution is 0.0340. The molecule has 4 nitrogen and oxygen atoms in total. The van der Waals surface area contributed by atoms with Gasteiger partial charge in [0.25, 0.3) is 0 Å². The Kier molecular flexibility index (Phi) is 3.59. The molecular formula is C16H20N2O2. The molecule has 0 amide bonds. The number of rotatable bonds is 2. The zero-order valence-corrected chi connectivity index (χ0v) is 11.9. The van der Waals surface area contributed by atoms with Gasteiger partial charge in [0.15, 0.2) is 0 Å². The first-order valence-corrected chi connectivity index (χ1v) is 7.07. The molecule has 1 saturated heterocycles. The van der Waals surface area contributed by atoms with Crippen LogP contribution >= 0.6 is 0 Å². The van der Waals surface area contributed by atoms with E-state index >= 15 is 0 Å². The summed E-state index contributed by atoms with van der Waals surface area (Å²) in [5.74, 6) is 0.926. The van der Waals surface area contributed by atoms with Crippen molar-refractivity contribution in [1.82, 2.24) is 4.98 Å². The molecule has 0 aliphatic carbocycles. The van der Waals surface area contributed by atoms with Gasteiger partial charge in [-0.1, -0.05) is 18.2 Å². The molecule has 2 atom stereocenters. The first-order chi connectivity index (χ1) is 9.69. The number of nitrogens with zero attached hydrogens (tertiary/aromatic N) is 2. The topological polar surface area (TPSA) is 45.6 Å². The summed E-state index contributed by atoms with van der Waals surface area (Å²) in [4.78, 5) is 7.02. The van der Waals surface area contributed by atoms with Crippen molar-refractivity contribution in [2.75, 3.05) is 18.1 Å². The summed E-state index contributed by atoms with van der Waals surface area (Å²) in [7, 11) is 0. The van der Waals surface area contributed by atoms with Gasteiger partial charge in [0.05, 0.1) is 30.9 Å². The second-order valence-corrected chi connectivity index (χ2v) is 5.46. The van der Waals surface area contributed by atoms with Gasteiger partial charge >= 0.3 is 0 Å². The van der Waals surface area contributed by atoms with Crippen LogP contribution < -0.4 is 4.90 Å². The van der Waals surface area contributed by atoms with Gasteiger partial charge in [0.2, 0.25) is 0 Å². The summed E-state index contributed by atoms with van der Waals surface area (Å²) in [6.45, 7) is 5.79. The summed E-state index contributed by atoms with van der Waals surface area (Å²) in [5.41, 5.74) is 1.86. The number of fused-ring (bicyclic) bond motifs is 1. The molecule has 106 valence electrons. The minimum absolute atomic E-state index is 0.0321. The van der Waals surface area contributed by atoms with Crippen LogP contribution in [0.3, 0.4) is 0 Å². The number of aliphatic hydroxyl groups is 1. The van der Waals surface area contributed by atoms with E-state index in [0.717, 1.165) is 28.8 Å². The largest absolute Gasteiger partial charge is 0.392 e. The third kappa shape index (κ3) is 2.37. The van der Waals surface area contributed by atoms with E-state index in [0.29, 0.717) is 12.6 Å². The summed E-state index contributed by atoms with van der Waals surface area (Å²) < 4.78 is 5.67. The van der Waals surface area contributed by atoms with Crippen LogP contribution in [0.5, 0.6) is 0 Å². The molecule has 3 rings (SSSR count). The number of hydrogen-bond acceptors (Lipinski definition) is 4. The van der Waals surface area contributed by atoms with E-state index in [1.807, 2.05) is 30.3 Å². The van der Waals surface area contributed by atoms with Crippen molar-refractivity contribution in [3.63, 3.8) is 0 Å². The molecule has 2 aromatic rings. The van der Waals surface area contributed by atoms with Crippen LogP contribution in [0.4, 0.5) is 5.82 Å². The fraction of sp³-hybridized carbons (Fsp3) is 0.438. The molecule has 20 heavy (non-hydrogen) atoms. The van der Waals surface area contributed by atoms with E-state index < -0.39 is 0 Å². The van der Waals surface area contributed by atoms with Crippen molar-refractivity contribution in [2.24, 2.45) is 0 Å². The van der Waals surface area contributed by atoms with Crippen LogP contribution in [0.1, 0.15) is 19.4 Å². The molecule has 0 bridgehead atoms. The number of ether oxygens (including phenoxy) is 1. The highest BCUT2D eigenvalue weighted by Gasteiger charge is 2.25. The molecule has 2 heterocycles. The number of pyridine rings is 1. The van der Waals surface area contributed by atoms with Crippen molar-refractivity contribution in [3.05, 3.63) is 35.9 Å². The summed E-state index contributed by atoms with van der Waals surface area (Å²) in [5, 5.41) is 10.6. The Morgan fingerprint density at radius 2 is 2.15 bits per heavy atom. The van der Waals surface area contributed by atoms with Gasteiger partial charge in [0, 0.05) is 11.9 Å². The van der Waals surface area contributed by atoms with Gasteiger partial charge in [-0.25, -0.2) is 4.98 Å².